The lowest BCUT2D eigenvalue weighted by Crippen LogP contribution is -2.29. The number of nitrogens with one attached hydrogen (secondary N) is 2. The van der Waals surface area contributed by atoms with E-state index in [4.69, 9.17) is 11.6 Å². The van der Waals surface area contributed by atoms with Crippen LogP contribution in [0.1, 0.15) is 47.8 Å². The van der Waals surface area contributed by atoms with Gasteiger partial charge in [-0.15, -0.1) is 0 Å². The molecule has 0 aromatic heterocycles. The molecule has 0 heterocycles. The van der Waals surface area contributed by atoms with Crippen molar-refractivity contribution < 1.29 is 13.2 Å². The molecule has 168 valence electrons. The summed E-state index contributed by atoms with van der Waals surface area (Å²) in [5.41, 5.74) is 2.57. The molecule has 0 unspecified atom stereocenters. The van der Waals surface area contributed by atoms with Crippen LogP contribution in [0, 0.1) is 12.8 Å². The third-order valence-corrected chi connectivity index (χ3v) is 6.72. The molecule has 3 aromatic rings. The molecule has 0 spiro atoms. The third-order valence-electron chi connectivity index (χ3n) is 5.02. The number of aryl methyl sites for hydroxylation is 1. The highest BCUT2D eigenvalue weighted by atomic mass is 35.5. The van der Waals surface area contributed by atoms with Gasteiger partial charge in [0.1, 0.15) is 0 Å². The summed E-state index contributed by atoms with van der Waals surface area (Å²) in [5.74, 6) is 0.122. The second-order valence-electron chi connectivity index (χ2n) is 8.18. The van der Waals surface area contributed by atoms with Crippen molar-refractivity contribution >= 4 is 33.2 Å². The van der Waals surface area contributed by atoms with Gasteiger partial charge < -0.3 is 5.32 Å². The Labute approximate surface area is 194 Å². The van der Waals surface area contributed by atoms with Crippen LogP contribution < -0.4 is 10.0 Å². The fourth-order valence-corrected chi connectivity index (χ4v) is 4.70. The molecule has 0 radical (unpaired) electrons. The Kier molecular flexibility index (Phi) is 7.59. The second-order valence-corrected chi connectivity index (χ2v) is 10.3. The van der Waals surface area contributed by atoms with E-state index < -0.39 is 10.0 Å². The number of amides is 1. The van der Waals surface area contributed by atoms with Crippen LogP contribution in [-0.4, -0.2) is 14.3 Å². The summed E-state index contributed by atoms with van der Waals surface area (Å²) in [6.45, 7) is 6.09. The lowest BCUT2D eigenvalue weighted by Gasteiger charge is -2.21. The van der Waals surface area contributed by atoms with E-state index in [9.17, 15) is 13.2 Å². The van der Waals surface area contributed by atoms with Gasteiger partial charge in [0, 0.05) is 5.56 Å². The molecule has 1 atom stereocenters. The molecule has 0 fully saturated rings. The maximum Gasteiger partial charge on any atom is 0.261 e. The van der Waals surface area contributed by atoms with Gasteiger partial charge in [-0.2, -0.15) is 0 Å². The maximum absolute atomic E-state index is 12.9. The van der Waals surface area contributed by atoms with E-state index in [1.54, 1.807) is 18.2 Å². The summed E-state index contributed by atoms with van der Waals surface area (Å²) in [5, 5.41) is 3.22. The molecule has 0 bridgehead atoms. The predicted octanol–water partition coefficient (Wildman–Crippen LogP) is 5.97. The fraction of sp³-hybridized carbons (Fsp3) is 0.240. The molecular weight excluding hydrogens is 444 g/mol. The molecule has 3 aromatic carbocycles. The van der Waals surface area contributed by atoms with Crippen LogP contribution in [0.25, 0.3) is 0 Å². The van der Waals surface area contributed by atoms with Gasteiger partial charge in [-0.3, -0.25) is 9.52 Å². The number of hydrogen-bond donors (Lipinski definition) is 2. The summed E-state index contributed by atoms with van der Waals surface area (Å²) in [7, 11) is -3.79. The zero-order chi connectivity index (χ0) is 23.3. The van der Waals surface area contributed by atoms with E-state index >= 15 is 0 Å². The average Bonchev–Trinajstić information content (AvgIpc) is 2.75. The summed E-state index contributed by atoms with van der Waals surface area (Å²) in [4.78, 5) is 13.0. The zero-order valence-electron chi connectivity index (χ0n) is 18.3. The Balaban J connectivity index is 1.77. The van der Waals surface area contributed by atoms with Gasteiger partial charge in [0.2, 0.25) is 0 Å². The van der Waals surface area contributed by atoms with Crippen LogP contribution in [0.4, 0.5) is 5.69 Å². The molecule has 1 amide bonds. The number of carbonyl (C=O) groups is 1. The molecule has 0 aliphatic rings. The molecule has 5 nitrogen and oxygen atoms in total. The molecule has 0 aliphatic carbocycles. The van der Waals surface area contributed by atoms with Gasteiger partial charge in [-0.05, 0) is 55.2 Å². The Hall–Kier alpha value is -2.83. The van der Waals surface area contributed by atoms with E-state index in [0.29, 0.717) is 11.5 Å². The quantitative estimate of drug-likeness (QED) is 0.426. The first-order valence-corrected chi connectivity index (χ1v) is 12.3. The summed E-state index contributed by atoms with van der Waals surface area (Å²) < 4.78 is 27.8. The normalized spacial score (nSPS) is 12.4. The summed E-state index contributed by atoms with van der Waals surface area (Å²) >= 11 is 6.32. The Morgan fingerprint density at radius 1 is 0.969 bits per heavy atom. The van der Waals surface area contributed by atoms with E-state index in [-0.39, 0.29) is 27.6 Å². The molecule has 2 N–H and O–H groups in total. The fourth-order valence-electron chi connectivity index (χ4n) is 3.34. The van der Waals surface area contributed by atoms with E-state index in [2.05, 4.69) is 23.9 Å². The highest BCUT2D eigenvalue weighted by molar-refractivity contribution is 7.92. The lowest BCUT2D eigenvalue weighted by atomic mass is 9.96. The van der Waals surface area contributed by atoms with Crippen molar-refractivity contribution in [3.8, 4) is 0 Å². The van der Waals surface area contributed by atoms with Crippen molar-refractivity contribution in [2.75, 3.05) is 4.72 Å². The number of halogens is 1. The predicted molar refractivity (Wildman–Crippen MR) is 130 cm³/mol. The van der Waals surface area contributed by atoms with Crippen molar-refractivity contribution in [3.63, 3.8) is 0 Å². The van der Waals surface area contributed by atoms with Crippen molar-refractivity contribution in [1.82, 2.24) is 5.32 Å². The minimum Gasteiger partial charge on any atom is -0.345 e. The maximum atomic E-state index is 12.9. The molecule has 0 saturated heterocycles. The largest absolute Gasteiger partial charge is 0.345 e. The highest BCUT2D eigenvalue weighted by Crippen LogP contribution is 2.27. The summed E-state index contributed by atoms with van der Waals surface area (Å²) in [6, 6.07) is 20.7. The van der Waals surface area contributed by atoms with E-state index in [1.165, 1.54) is 24.3 Å². The second kappa shape index (κ2) is 10.2. The minimum absolute atomic E-state index is 0.137. The first kappa shape index (κ1) is 23.8. The van der Waals surface area contributed by atoms with Gasteiger partial charge in [0.05, 0.1) is 21.6 Å². The number of benzene rings is 3. The summed E-state index contributed by atoms with van der Waals surface area (Å²) in [6.07, 6.45) is 0.790. The third kappa shape index (κ3) is 6.11. The van der Waals surface area contributed by atoms with Crippen LogP contribution in [0.3, 0.4) is 0 Å². The van der Waals surface area contributed by atoms with Crippen LogP contribution in [0.5, 0.6) is 0 Å². The van der Waals surface area contributed by atoms with Gasteiger partial charge in [0.25, 0.3) is 15.9 Å². The topological polar surface area (TPSA) is 75.3 Å². The number of anilines is 1. The zero-order valence-corrected chi connectivity index (χ0v) is 19.9. The standard InChI is InChI=1S/C25H27ClN2O3S/c1-17(2)15-24(19-7-5-4-6-8-19)27-25(29)20-11-14-23(22(26)16-20)28-32(30,31)21-12-9-18(3)10-13-21/h4-14,16-17,24,28H,15H2,1-3H3,(H,27,29)/t24-/m0/s1. The van der Waals surface area contributed by atoms with Crippen molar-refractivity contribution in [1.29, 1.82) is 0 Å². The smallest absolute Gasteiger partial charge is 0.261 e. The number of carbonyl (C=O) groups excluding carboxylic acids is 1. The van der Waals surface area contributed by atoms with Crippen LogP contribution in [0.2, 0.25) is 5.02 Å². The van der Waals surface area contributed by atoms with Crippen molar-refractivity contribution in [2.24, 2.45) is 5.92 Å². The molecule has 7 heteroatoms. The first-order chi connectivity index (χ1) is 15.2. The molecule has 32 heavy (non-hydrogen) atoms. The van der Waals surface area contributed by atoms with Crippen LogP contribution in [-0.2, 0) is 10.0 Å². The number of sulfonamides is 1. The van der Waals surface area contributed by atoms with Crippen molar-refractivity contribution in [2.45, 2.75) is 38.1 Å². The molecule has 3 rings (SSSR count). The van der Waals surface area contributed by atoms with Gasteiger partial charge in [-0.25, -0.2) is 8.42 Å². The van der Waals surface area contributed by atoms with Gasteiger partial charge in [-0.1, -0.05) is 73.5 Å². The number of rotatable bonds is 8. The van der Waals surface area contributed by atoms with E-state index in [1.807, 2.05) is 37.3 Å². The minimum atomic E-state index is -3.79. The van der Waals surface area contributed by atoms with Gasteiger partial charge in [0.15, 0.2) is 0 Å². The highest BCUT2D eigenvalue weighted by Gasteiger charge is 2.19. The first-order valence-electron chi connectivity index (χ1n) is 10.4. The van der Waals surface area contributed by atoms with Crippen LogP contribution in [0.15, 0.2) is 77.7 Å². The molecular formula is C25H27ClN2O3S. The number of hydrogen-bond acceptors (Lipinski definition) is 3. The average molecular weight is 471 g/mol. The Morgan fingerprint density at radius 2 is 1.62 bits per heavy atom. The SMILES string of the molecule is Cc1ccc(S(=O)(=O)Nc2ccc(C(=O)N[C@@H](CC(C)C)c3ccccc3)cc2Cl)cc1. The van der Waals surface area contributed by atoms with Crippen molar-refractivity contribution in [3.05, 3.63) is 94.5 Å². The Bertz CT molecular complexity index is 1180. The van der Waals surface area contributed by atoms with Crippen LogP contribution >= 0.6 is 11.6 Å². The van der Waals surface area contributed by atoms with Gasteiger partial charge >= 0.3 is 0 Å². The van der Waals surface area contributed by atoms with E-state index in [0.717, 1.165) is 17.5 Å². The Morgan fingerprint density at radius 3 is 2.22 bits per heavy atom. The lowest BCUT2D eigenvalue weighted by molar-refractivity contribution is 0.0932. The molecule has 0 aliphatic heterocycles. The monoisotopic (exact) mass is 470 g/mol. The molecule has 0 saturated carbocycles.